The van der Waals surface area contributed by atoms with E-state index in [1.165, 1.54) is 6.07 Å². The summed E-state index contributed by atoms with van der Waals surface area (Å²) in [5.41, 5.74) is 2.34. The van der Waals surface area contributed by atoms with Crippen molar-refractivity contribution in [3.05, 3.63) is 84.3 Å². The molecular weight excluding hydrogens is 437 g/mol. The molecule has 7 nitrogen and oxygen atoms in total. The molecule has 1 aromatic heterocycles. The zero-order valence-electron chi connectivity index (χ0n) is 19.7. The number of para-hydroxylation sites is 2. The molecular formula is C26H32FN3O4. The minimum absolute atomic E-state index is 0.113. The lowest BCUT2D eigenvalue weighted by molar-refractivity contribution is 0.0192. The van der Waals surface area contributed by atoms with Gasteiger partial charge in [-0.1, -0.05) is 36.4 Å². The SMILES string of the molecule is C=CCOCC(O)CN(CCOC)Cc1c(C)nn(-c2ccccc2)c1Oc1ccccc1F. The summed E-state index contributed by atoms with van der Waals surface area (Å²) in [4.78, 5) is 2.04. The third-order valence-electron chi connectivity index (χ3n) is 5.19. The highest BCUT2D eigenvalue weighted by Crippen LogP contribution is 2.32. The van der Waals surface area contributed by atoms with Gasteiger partial charge in [-0.25, -0.2) is 9.07 Å². The average molecular weight is 470 g/mol. The maximum Gasteiger partial charge on any atom is 0.227 e. The van der Waals surface area contributed by atoms with Crippen molar-refractivity contribution < 1.29 is 23.7 Å². The summed E-state index contributed by atoms with van der Waals surface area (Å²) >= 11 is 0. The van der Waals surface area contributed by atoms with E-state index in [0.29, 0.717) is 38.7 Å². The van der Waals surface area contributed by atoms with E-state index in [1.54, 1.807) is 36.1 Å². The number of hydrogen-bond acceptors (Lipinski definition) is 6. The molecule has 0 aliphatic rings. The lowest BCUT2D eigenvalue weighted by Crippen LogP contribution is -2.36. The van der Waals surface area contributed by atoms with Crippen LogP contribution in [0.1, 0.15) is 11.3 Å². The fourth-order valence-electron chi connectivity index (χ4n) is 3.52. The molecule has 1 N–H and O–H groups in total. The lowest BCUT2D eigenvalue weighted by atomic mass is 10.2. The molecule has 1 unspecified atom stereocenters. The van der Waals surface area contributed by atoms with Crippen LogP contribution in [0.3, 0.4) is 0 Å². The van der Waals surface area contributed by atoms with Crippen LogP contribution in [-0.4, -0.2) is 65.9 Å². The van der Waals surface area contributed by atoms with Crippen LogP contribution in [-0.2, 0) is 16.0 Å². The van der Waals surface area contributed by atoms with Gasteiger partial charge in [0.05, 0.1) is 42.9 Å². The molecule has 8 heteroatoms. The van der Waals surface area contributed by atoms with E-state index in [-0.39, 0.29) is 12.4 Å². The Balaban J connectivity index is 1.93. The predicted octanol–water partition coefficient (Wildman–Crippen LogP) is 4.12. The Bertz CT molecular complexity index is 1040. The molecule has 2 aromatic carbocycles. The van der Waals surface area contributed by atoms with Crippen LogP contribution in [0, 0.1) is 12.7 Å². The molecule has 0 fully saturated rings. The number of aliphatic hydroxyl groups is 1. The van der Waals surface area contributed by atoms with Gasteiger partial charge in [0, 0.05) is 26.7 Å². The molecule has 0 radical (unpaired) electrons. The normalized spacial score (nSPS) is 12.1. The first-order chi connectivity index (χ1) is 16.5. The van der Waals surface area contributed by atoms with Gasteiger partial charge in [-0.15, -0.1) is 6.58 Å². The van der Waals surface area contributed by atoms with Crippen molar-refractivity contribution in [2.45, 2.75) is 19.6 Å². The molecule has 0 aliphatic heterocycles. The Kier molecular flexibility index (Phi) is 9.78. The Labute approximate surface area is 200 Å². The summed E-state index contributed by atoms with van der Waals surface area (Å²) in [6.07, 6.45) is 0.945. The Morgan fingerprint density at radius 1 is 1.18 bits per heavy atom. The fraction of sp³-hybridized carbons (Fsp3) is 0.346. The number of halogens is 1. The number of aryl methyl sites for hydroxylation is 1. The summed E-state index contributed by atoms with van der Waals surface area (Å²) < 4.78 is 32.9. The standard InChI is InChI=1S/C26H32FN3O4/c1-4-15-33-19-22(31)17-29(14-16-32-3)18-23-20(2)28-30(21-10-6-5-7-11-21)26(23)34-25-13-9-8-12-24(25)27/h4-13,22,31H,1,14-19H2,2-3H3. The number of ether oxygens (including phenoxy) is 3. The number of aliphatic hydroxyl groups excluding tert-OH is 1. The van der Waals surface area contributed by atoms with Gasteiger partial charge in [0.25, 0.3) is 0 Å². The number of aromatic nitrogens is 2. The van der Waals surface area contributed by atoms with Crippen molar-refractivity contribution in [3.8, 4) is 17.3 Å². The minimum Gasteiger partial charge on any atom is -0.435 e. The summed E-state index contributed by atoms with van der Waals surface area (Å²) in [7, 11) is 1.63. The lowest BCUT2D eigenvalue weighted by Gasteiger charge is -2.25. The first kappa shape index (κ1) is 25.6. The summed E-state index contributed by atoms with van der Waals surface area (Å²) in [5, 5.41) is 15.2. The van der Waals surface area contributed by atoms with E-state index in [2.05, 4.69) is 6.58 Å². The molecule has 34 heavy (non-hydrogen) atoms. The number of hydrogen-bond donors (Lipinski definition) is 1. The largest absolute Gasteiger partial charge is 0.435 e. The molecule has 0 amide bonds. The van der Waals surface area contributed by atoms with Gasteiger partial charge in [-0.05, 0) is 31.2 Å². The maximum atomic E-state index is 14.5. The second-order valence-electron chi connectivity index (χ2n) is 7.86. The fourth-order valence-corrected chi connectivity index (χ4v) is 3.52. The molecule has 0 aliphatic carbocycles. The van der Waals surface area contributed by atoms with Gasteiger partial charge in [0.2, 0.25) is 5.88 Å². The van der Waals surface area contributed by atoms with E-state index in [0.717, 1.165) is 16.9 Å². The second kappa shape index (κ2) is 13.0. The molecule has 0 bridgehead atoms. The smallest absolute Gasteiger partial charge is 0.227 e. The Hall–Kier alpha value is -3.04. The van der Waals surface area contributed by atoms with E-state index in [4.69, 9.17) is 19.3 Å². The van der Waals surface area contributed by atoms with Gasteiger partial charge in [-0.2, -0.15) is 5.10 Å². The molecule has 182 valence electrons. The Morgan fingerprint density at radius 2 is 1.91 bits per heavy atom. The van der Waals surface area contributed by atoms with E-state index < -0.39 is 11.9 Å². The molecule has 1 atom stereocenters. The molecule has 0 spiro atoms. The van der Waals surface area contributed by atoms with Gasteiger partial charge in [0.15, 0.2) is 11.6 Å². The van der Waals surface area contributed by atoms with Crippen LogP contribution in [0.2, 0.25) is 0 Å². The van der Waals surface area contributed by atoms with Crippen molar-refractivity contribution in [2.75, 3.05) is 40.0 Å². The maximum absolute atomic E-state index is 14.5. The van der Waals surface area contributed by atoms with Crippen LogP contribution < -0.4 is 4.74 Å². The number of methoxy groups -OCH3 is 1. The molecule has 3 aromatic rings. The van der Waals surface area contributed by atoms with E-state index in [9.17, 15) is 9.50 Å². The monoisotopic (exact) mass is 469 g/mol. The average Bonchev–Trinajstić information content (AvgIpc) is 3.14. The predicted molar refractivity (Wildman–Crippen MR) is 129 cm³/mol. The summed E-state index contributed by atoms with van der Waals surface area (Å²) in [6.45, 7) is 7.91. The van der Waals surface area contributed by atoms with E-state index >= 15 is 0 Å². The number of rotatable bonds is 14. The third kappa shape index (κ3) is 6.98. The molecule has 3 rings (SSSR count). The van der Waals surface area contributed by atoms with Crippen LogP contribution in [0.5, 0.6) is 11.6 Å². The molecule has 0 saturated carbocycles. The molecule has 0 saturated heterocycles. The van der Waals surface area contributed by atoms with Gasteiger partial charge in [0.1, 0.15) is 0 Å². The van der Waals surface area contributed by atoms with Gasteiger partial charge >= 0.3 is 0 Å². The highest BCUT2D eigenvalue weighted by Gasteiger charge is 2.23. The first-order valence-corrected chi connectivity index (χ1v) is 11.2. The number of nitrogens with zero attached hydrogens (tertiary/aromatic N) is 3. The van der Waals surface area contributed by atoms with Gasteiger partial charge < -0.3 is 19.3 Å². The minimum atomic E-state index is -0.697. The third-order valence-corrected chi connectivity index (χ3v) is 5.19. The van der Waals surface area contributed by atoms with Crippen LogP contribution in [0.15, 0.2) is 67.3 Å². The van der Waals surface area contributed by atoms with Crippen LogP contribution >= 0.6 is 0 Å². The summed E-state index contributed by atoms with van der Waals surface area (Å²) in [6, 6.07) is 15.8. The topological polar surface area (TPSA) is 69.0 Å². The highest BCUT2D eigenvalue weighted by atomic mass is 19.1. The van der Waals surface area contributed by atoms with Crippen molar-refractivity contribution in [1.29, 1.82) is 0 Å². The van der Waals surface area contributed by atoms with Crippen LogP contribution in [0.25, 0.3) is 5.69 Å². The first-order valence-electron chi connectivity index (χ1n) is 11.2. The highest BCUT2D eigenvalue weighted by molar-refractivity contribution is 5.43. The zero-order chi connectivity index (χ0) is 24.3. The summed E-state index contributed by atoms with van der Waals surface area (Å²) in [5.74, 6) is 0.0775. The van der Waals surface area contributed by atoms with Crippen molar-refractivity contribution in [1.82, 2.24) is 14.7 Å². The van der Waals surface area contributed by atoms with Crippen molar-refractivity contribution in [2.24, 2.45) is 0 Å². The second-order valence-corrected chi connectivity index (χ2v) is 7.86. The van der Waals surface area contributed by atoms with Crippen LogP contribution in [0.4, 0.5) is 4.39 Å². The zero-order valence-corrected chi connectivity index (χ0v) is 19.7. The molecule has 1 heterocycles. The van der Waals surface area contributed by atoms with E-state index in [1.807, 2.05) is 42.2 Å². The number of benzene rings is 2. The van der Waals surface area contributed by atoms with Crippen molar-refractivity contribution in [3.63, 3.8) is 0 Å². The van der Waals surface area contributed by atoms with Gasteiger partial charge in [-0.3, -0.25) is 4.90 Å². The van der Waals surface area contributed by atoms with Crippen molar-refractivity contribution >= 4 is 0 Å². The Morgan fingerprint density at radius 3 is 2.62 bits per heavy atom. The quantitative estimate of drug-likeness (QED) is 0.283.